The van der Waals surface area contributed by atoms with Crippen LogP contribution in [0.4, 0.5) is 0 Å². The zero-order valence-corrected chi connectivity index (χ0v) is 11.9. The summed E-state index contributed by atoms with van der Waals surface area (Å²) in [6.07, 6.45) is 5.22. The van der Waals surface area contributed by atoms with Gasteiger partial charge in [-0.25, -0.2) is 0 Å². The number of rotatable bonds is 7. The number of carbonyl (C=O) groups is 1. The van der Waals surface area contributed by atoms with Gasteiger partial charge in [-0.3, -0.25) is 4.79 Å². The monoisotopic (exact) mass is 274 g/mol. The molecule has 0 radical (unpaired) electrons. The summed E-state index contributed by atoms with van der Waals surface area (Å²) in [5.41, 5.74) is 0.714. The molecule has 108 valence electrons. The number of benzene rings is 1. The molecule has 1 heterocycles. The molecule has 0 bridgehead atoms. The third-order valence-electron chi connectivity index (χ3n) is 3.57. The van der Waals surface area contributed by atoms with Crippen LogP contribution in [-0.2, 0) is 9.53 Å². The van der Waals surface area contributed by atoms with Gasteiger partial charge in [-0.15, -0.1) is 0 Å². The van der Waals surface area contributed by atoms with Crippen molar-refractivity contribution in [3.63, 3.8) is 0 Å². The van der Waals surface area contributed by atoms with E-state index in [0.717, 1.165) is 19.3 Å². The molecule has 2 atom stereocenters. The lowest BCUT2D eigenvalue weighted by atomic mass is 10.0. The first-order chi connectivity index (χ1) is 9.72. The maximum absolute atomic E-state index is 11.9. The maximum Gasteiger partial charge on any atom is 0.202 e. The summed E-state index contributed by atoms with van der Waals surface area (Å²) in [6, 6.07) is 9.18. The highest BCUT2D eigenvalue weighted by molar-refractivity contribution is 5.96. The summed E-state index contributed by atoms with van der Waals surface area (Å²) in [6.45, 7) is 2.17. The second-order valence-corrected chi connectivity index (χ2v) is 5.22. The fourth-order valence-corrected chi connectivity index (χ4v) is 2.40. The average molecular weight is 274 g/mol. The van der Waals surface area contributed by atoms with E-state index in [-0.39, 0.29) is 5.78 Å². The first-order valence-corrected chi connectivity index (χ1v) is 7.36. The molecule has 1 N–H and O–H groups in total. The van der Waals surface area contributed by atoms with Gasteiger partial charge in [0, 0.05) is 12.5 Å². The van der Waals surface area contributed by atoms with Crippen LogP contribution in [-0.4, -0.2) is 17.0 Å². The molecule has 3 heteroatoms. The minimum Gasteiger partial charge on any atom is -0.483 e. The molecule has 0 saturated heterocycles. The molecule has 0 unspecified atom stereocenters. The van der Waals surface area contributed by atoms with Crippen molar-refractivity contribution in [2.45, 2.75) is 51.2 Å². The van der Waals surface area contributed by atoms with Gasteiger partial charge in [0.25, 0.3) is 0 Å². The summed E-state index contributed by atoms with van der Waals surface area (Å²) in [5.74, 6) is 0.581. The molecule has 0 aromatic heterocycles. The second kappa shape index (κ2) is 7.25. The van der Waals surface area contributed by atoms with Gasteiger partial charge in [-0.05, 0) is 12.0 Å². The lowest BCUT2D eigenvalue weighted by molar-refractivity contribution is -0.126. The van der Waals surface area contributed by atoms with Crippen LogP contribution in [0.1, 0.15) is 50.7 Å². The molecule has 1 aromatic rings. The Labute approximate surface area is 120 Å². The van der Waals surface area contributed by atoms with Gasteiger partial charge >= 0.3 is 0 Å². The van der Waals surface area contributed by atoms with Crippen LogP contribution in [0.3, 0.4) is 0 Å². The van der Waals surface area contributed by atoms with E-state index in [2.05, 4.69) is 6.92 Å². The van der Waals surface area contributed by atoms with Crippen molar-refractivity contribution >= 4 is 5.78 Å². The van der Waals surface area contributed by atoms with Crippen molar-refractivity contribution < 1.29 is 14.6 Å². The van der Waals surface area contributed by atoms with Gasteiger partial charge in [-0.1, -0.05) is 56.5 Å². The molecule has 0 fully saturated rings. The molecule has 1 aliphatic rings. The van der Waals surface area contributed by atoms with Crippen molar-refractivity contribution in [2.24, 2.45) is 0 Å². The fraction of sp³-hybridized carbons (Fsp3) is 0.471. The summed E-state index contributed by atoms with van der Waals surface area (Å²) in [4.78, 5) is 11.9. The Morgan fingerprint density at radius 3 is 2.65 bits per heavy atom. The van der Waals surface area contributed by atoms with Crippen LogP contribution in [0.5, 0.6) is 0 Å². The van der Waals surface area contributed by atoms with Gasteiger partial charge in [-0.2, -0.15) is 0 Å². The van der Waals surface area contributed by atoms with E-state index in [1.807, 2.05) is 18.2 Å². The third kappa shape index (κ3) is 3.70. The molecule has 1 aromatic carbocycles. The Bertz CT molecular complexity index is 464. The molecule has 0 aliphatic carbocycles. The highest BCUT2D eigenvalue weighted by atomic mass is 16.5. The number of hydrogen-bond donors (Lipinski definition) is 1. The van der Waals surface area contributed by atoms with E-state index >= 15 is 0 Å². The number of ketones is 1. The number of carbonyl (C=O) groups excluding carboxylic acids is 1. The van der Waals surface area contributed by atoms with Crippen molar-refractivity contribution in [3.8, 4) is 0 Å². The van der Waals surface area contributed by atoms with E-state index in [1.54, 1.807) is 18.2 Å². The normalized spacial score (nSPS) is 19.6. The number of ether oxygens (including phenoxy) is 1. The van der Waals surface area contributed by atoms with Gasteiger partial charge in [0.05, 0.1) is 0 Å². The smallest absolute Gasteiger partial charge is 0.202 e. The topological polar surface area (TPSA) is 46.5 Å². The zero-order valence-electron chi connectivity index (χ0n) is 11.9. The Morgan fingerprint density at radius 1 is 1.20 bits per heavy atom. The van der Waals surface area contributed by atoms with E-state index in [9.17, 15) is 9.90 Å². The first-order valence-electron chi connectivity index (χ1n) is 7.36. The number of aliphatic hydroxyl groups excluding tert-OH is 1. The van der Waals surface area contributed by atoms with Crippen LogP contribution < -0.4 is 0 Å². The molecule has 0 saturated carbocycles. The van der Waals surface area contributed by atoms with Crippen molar-refractivity contribution in [2.75, 3.05) is 0 Å². The molecular formula is C17H22O3. The molecule has 0 spiro atoms. The van der Waals surface area contributed by atoms with Crippen molar-refractivity contribution in [1.82, 2.24) is 0 Å². The van der Waals surface area contributed by atoms with Crippen LogP contribution in [0.2, 0.25) is 0 Å². The zero-order chi connectivity index (χ0) is 14.4. The molecule has 3 nitrogen and oxygen atoms in total. The lowest BCUT2D eigenvalue weighted by Gasteiger charge is -2.18. The van der Waals surface area contributed by atoms with Crippen LogP contribution in [0, 0.1) is 0 Å². The maximum atomic E-state index is 11.9. The Kier molecular flexibility index (Phi) is 5.36. The molecule has 1 aliphatic heterocycles. The highest BCUT2D eigenvalue weighted by Crippen LogP contribution is 2.28. The Morgan fingerprint density at radius 2 is 1.95 bits per heavy atom. The van der Waals surface area contributed by atoms with E-state index < -0.39 is 12.2 Å². The minimum atomic E-state index is -0.895. The van der Waals surface area contributed by atoms with E-state index in [0.29, 0.717) is 11.3 Å². The summed E-state index contributed by atoms with van der Waals surface area (Å²) >= 11 is 0. The quantitative estimate of drug-likeness (QED) is 0.773. The number of aliphatic hydroxyl groups is 1. The van der Waals surface area contributed by atoms with Crippen LogP contribution in [0.25, 0.3) is 0 Å². The van der Waals surface area contributed by atoms with Gasteiger partial charge < -0.3 is 9.84 Å². The van der Waals surface area contributed by atoms with Crippen LogP contribution >= 0.6 is 0 Å². The molecular weight excluding hydrogens is 252 g/mol. The summed E-state index contributed by atoms with van der Waals surface area (Å²) < 4.78 is 5.63. The summed E-state index contributed by atoms with van der Waals surface area (Å²) in [5, 5.41) is 10.2. The fourth-order valence-electron chi connectivity index (χ4n) is 2.40. The van der Waals surface area contributed by atoms with Crippen molar-refractivity contribution in [1.29, 1.82) is 0 Å². The largest absolute Gasteiger partial charge is 0.483 e. The highest BCUT2D eigenvalue weighted by Gasteiger charge is 2.33. The standard InChI is InChI=1S/C17H22O3/c1-2-3-4-8-11-14-12-15(18)17(20-14)16(19)13-9-6-5-7-10-13/h5-7,9-10,12,16-17,19H,2-4,8,11H2,1H3/t16-,17-/m1/s1. The summed E-state index contributed by atoms with van der Waals surface area (Å²) in [7, 11) is 0. The Hall–Kier alpha value is -1.61. The second-order valence-electron chi connectivity index (χ2n) is 5.22. The van der Waals surface area contributed by atoms with Crippen LogP contribution in [0.15, 0.2) is 42.2 Å². The van der Waals surface area contributed by atoms with Gasteiger partial charge in [0.1, 0.15) is 11.9 Å². The van der Waals surface area contributed by atoms with Gasteiger partial charge in [0.15, 0.2) is 6.10 Å². The predicted molar refractivity (Wildman–Crippen MR) is 78.1 cm³/mol. The van der Waals surface area contributed by atoms with Crippen molar-refractivity contribution in [3.05, 3.63) is 47.7 Å². The SMILES string of the molecule is CCCCCCC1=CC(=O)[C@H]([C@H](O)c2ccccc2)O1. The first kappa shape index (κ1) is 14.8. The van der Waals surface area contributed by atoms with E-state index in [1.165, 1.54) is 12.8 Å². The minimum absolute atomic E-state index is 0.133. The molecule has 20 heavy (non-hydrogen) atoms. The lowest BCUT2D eigenvalue weighted by Crippen LogP contribution is -2.25. The number of hydrogen-bond acceptors (Lipinski definition) is 3. The van der Waals surface area contributed by atoms with Gasteiger partial charge in [0.2, 0.25) is 5.78 Å². The third-order valence-corrected chi connectivity index (χ3v) is 3.57. The average Bonchev–Trinajstić information content (AvgIpc) is 2.85. The van der Waals surface area contributed by atoms with E-state index in [4.69, 9.17) is 4.74 Å². The number of unbranched alkanes of at least 4 members (excludes halogenated alkanes) is 3. The molecule has 2 rings (SSSR count). The number of allylic oxidation sites excluding steroid dienone is 1. The molecule has 0 amide bonds. The predicted octanol–water partition coefficient (Wildman–Crippen LogP) is 3.54. The Balaban J connectivity index is 1.88.